The van der Waals surface area contributed by atoms with Crippen LogP contribution in [-0.4, -0.2) is 5.24 Å². The van der Waals surface area contributed by atoms with Gasteiger partial charge in [0.15, 0.2) is 0 Å². The van der Waals surface area contributed by atoms with E-state index in [9.17, 15) is 4.79 Å². The van der Waals surface area contributed by atoms with E-state index in [2.05, 4.69) is 19.9 Å². The van der Waals surface area contributed by atoms with Crippen LogP contribution in [0.3, 0.4) is 0 Å². The molecular formula is C10H15ClO. The zero-order valence-electron chi connectivity index (χ0n) is 8.02. The normalized spacial score (nSPS) is 31.1. The lowest BCUT2D eigenvalue weighted by atomic mass is 10.1. The lowest BCUT2D eigenvalue weighted by Gasteiger charge is -1.96. The summed E-state index contributed by atoms with van der Waals surface area (Å²) < 4.78 is 0. The van der Waals surface area contributed by atoms with Gasteiger partial charge in [0.05, 0.1) is 0 Å². The molecule has 1 rings (SSSR count). The Morgan fingerprint density at radius 2 is 1.92 bits per heavy atom. The number of hydrogen-bond donors (Lipinski definition) is 0. The average Bonchev–Trinajstić information content (AvgIpc) is 2.32. The Morgan fingerprint density at radius 1 is 1.42 bits per heavy atom. The Labute approximate surface area is 78.8 Å². The first kappa shape index (κ1) is 9.79. The first-order valence-electron chi connectivity index (χ1n) is 4.21. The van der Waals surface area contributed by atoms with Gasteiger partial charge < -0.3 is 0 Å². The van der Waals surface area contributed by atoms with Crippen LogP contribution in [0.15, 0.2) is 11.6 Å². The first-order valence-corrected chi connectivity index (χ1v) is 4.59. The molecule has 0 heterocycles. The van der Waals surface area contributed by atoms with E-state index in [1.165, 1.54) is 5.57 Å². The quantitative estimate of drug-likeness (QED) is 0.479. The van der Waals surface area contributed by atoms with Gasteiger partial charge in [0.25, 0.3) is 0 Å². The van der Waals surface area contributed by atoms with Crippen molar-refractivity contribution in [2.75, 3.05) is 0 Å². The van der Waals surface area contributed by atoms with E-state index in [1.54, 1.807) is 0 Å². The highest BCUT2D eigenvalue weighted by atomic mass is 35.5. The number of carbonyl (C=O) groups excluding carboxylic acids is 1. The molecular weight excluding hydrogens is 172 g/mol. The van der Waals surface area contributed by atoms with Crippen LogP contribution in [0.5, 0.6) is 0 Å². The Balaban J connectivity index is 2.73. The lowest BCUT2D eigenvalue weighted by molar-refractivity contribution is -0.113. The minimum atomic E-state index is -0.192. The summed E-state index contributed by atoms with van der Waals surface area (Å²) in [6.07, 6.45) is 2.14. The van der Waals surface area contributed by atoms with Gasteiger partial charge >= 0.3 is 0 Å². The summed E-state index contributed by atoms with van der Waals surface area (Å²) in [5.74, 6) is 0.390. The number of carbonyl (C=O) groups is 1. The second-order valence-electron chi connectivity index (χ2n) is 4.37. The van der Waals surface area contributed by atoms with Crippen LogP contribution in [0.2, 0.25) is 0 Å². The van der Waals surface area contributed by atoms with Crippen LogP contribution in [0.4, 0.5) is 0 Å². The van der Waals surface area contributed by atoms with E-state index in [0.717, 1.165) is 0 Å². The molecule has 1 nitrogen and oxygen atoms in total. The topological polar surface area (TPSA) is 17.1 Å². The smallest absolute Gasteiger partial charge is 0.225 e. The van der Waals surface area contributed by atoms with E-state index >= 15 is 0 Å². The van der Waals surface area contributed by atoms with Crippen molar-refractivity contribution >= 4 is 16.8 Å². The second-order valence-corrected chi connectivity index (χ2v) is 4.75. The Bertz CT molecular complexity index is 236. The zero-order valence-corrected chi connectivity index (χ0v) is 8.77. The van der Waals surface area contributed by atoms with E-state index < -0.39 is 0 Å². The molecule has 0 aromatic heterocycles. The minimum Gasteiger partial charge on any atom is -0.281 e. The number of halogens is 1. The Morgan fingerprint density at radius 3 is 2.17 bits per heavy atom. The van der Waals surface area contributed by atoms with Crippen molar-refractivity contribution in [1.29, 1.82) is 0 Å². The van der Waals surface area contributed by atoms with Crippen molar-refractivity contribution in [1.82, 2.24) is 0 Å². The van der Waals surface area contributed by atoms with Crippen molar-refractivity contribution in [2.24, 2.45) is 17.3 Å². The predicted octanol–water partition coefficient (Wildman–Crippen LogP) is 2.99. The summed E-state index contributed by atoms with van der Waals surface area (Å²) in [6, 6.07) is 0. The van der Waals surface area contributed by atoms with Crippen molar-refractivity contribution in [3.8, 4) is 0 Å². The zero-order chi connectivity index (χ0) is 9.52. The van der Waals surface area contributed by atoms with Gasteiger partial charge in [-0.25, -0.2) is 0 Å². The van der Waals surface area contributed by atoms with Crippen molar-refractivity contribution in [3.05, 3.63) is 11.6 Å². The third kappa shape index (κ3) is 1.56. The summed E-state index contributed by atoms with van der Waals surface area (Å²) in [5, 5.41) is -0.192. The number of hydrogen-bond acceptors (Lipinski definition) is 1. The molecule has 0 spiro atoms. The van der Waals surface area contributed by atoms with Gasteiger partial charge in [-0.2, -0.15) is 0 Å². The molecule has 0 unspecified atom stereocenters. The highest BCUT2D eigenvalue weighted by Crippen LogP contribution is 2.60. The summed E-state index contributed by atoms with van der Waals surface area (Å²) >= 11 is 5.47. The minimum absolute atomic E-state index is 0.0362. The molecule has 0 aromatic rings. The fourth-order valence-corrected chi connectivity index (χ4v) is 2.20. The van der Waals surface area contributed by atoms with Gasteiger partial charge in [-0.3, -0.25) is 4.79 Å². The maximum absolute atomic E-state index is 10.9. The summed E-state index contributed by atoms with van der Waals surface area (Å²) in [6.45, 7) is 8.26. The van der Waals surface area contributed by atoms with E-state index in [-0.39, 0.29) is 16.6 Å². The largest absolute Gasteiger partial charge is 0.281 e. The van der Waals surface area contributed by atoms with Crippen molar-refractivity contribution in [2.45, 2.75) is 27.7 Å². The molecule has 0 aromatic carbocycles. The van der Waals surface area contributed by atoms with Crippen molar-refractivity contribution in [3.63, 3.8) is 0 Å². The molecule has 0 aliphatic heterocycles. The molecule has 1 saturated carbocycles. The Hall–Kier alpha value is -0.300. The molecule has 2 heteroatoms. The van der Waals surface area contributed by atoms with Gasteiger partial charge in [-0.1, -0.05) is 25.5 Å². The first-order chi connectivity index (χ1) is 5.37. The van der Waals surface area contributed by atoms with Gasteiger partial charge in [0.1, 0.15) is 0 Å². The molecule has 68 valence electrons. The molecule has 0 radical (unpaired) electrons. The van der Waals surface area contributed by atoms with Crippen LogP contribution in [0.1, 0.15) is 27.7 Å². The maximum atomic E-state index is 10.9. The van der Waals surface area contributed by atoms with Gasteiger partial charge in [-0.15, -0.1) is 0 Å². The average molecular weight is 187 g/mol. The van der Waals surface area contributed by atoms with Gasteiger partial charge in [0.2, 0.25) is 5.24 Å². The van der Waals surface area contributed by atoms with Crippen LogP contribution < -0.4 is 0 Å². The molecule has 1 aliphatic carbocycles. The molecule has 0 saturated heterocycles. The molecule has 0 bridgehead atoms. The number of allylic oxidation sites excluding steroid dienone is 2. The highest BCUT2D eigenvalue weighted by molar-refractivity contribution is 6.64. The standard InChI is InChI=1S/C10H15ClO/c1-6(2)5-7-8(9(11)12)10(7,3)4/h5,7-8H,1-4H3/t7-,8-/m1/s1. The fourth-order valence-electron chi connectivity index (χ4n) is 1.78. The molecule has 12 heavy (non-hydrogen) atoms. The van der Waals surface area contributed by atoms with E-state index in [1.807, 2.05) is 13.8 Å². The Kier molecular flexibility index (Phi) is 2.35. The van der Waals surface area contributed by atoms with Gasteiger partial charge in [-0.05, 0) is 36.8 Å². The highest BCUT2D eigenvalue weighted by Gasteiger charge is 2.59. The summed E-state index contributed by atoms with van der Waals surface area (Å²) in [7, 11) is 0. The third-order valence-electron chi connectivity index (χ3n) is 2.67. The molecule has 0 N–H and O–H groups in total. The van der Waals surface area contributed by atoms with Crippen molar-refractivity contribution < 1.29 is 4.79 Å². The molecule has 1 fully saturated rings. The van der Waals surface area contributed by atoms with E-state index in [4.69, 9.17) is 11.6 Å². The van der Waals surface area contributed by atoms with E-state index in [0.29, 0.717) is 5.92 Å². The SMILES string of the molecule is CC(C)=C[C@@H]1[C@H](C(=O)Cl)C1(C)C. The molecule has 0 amide bonds. The van der Waals surface area contributed by atoms with Crippen LogP contribution in [-0.2, 0) is 4.79 Å². The second kappa shape index (κ2) is 2.88. The molecule has 2 atom stereocenters. The lowest BCUT2D eigenvalue weighted by Crippen LogP contribution is -1.96. The van der Waals surface area contributed by atoms with Crippen LogP contribution in [0.25, 0.3) is 0 Å². The summed E-state index contributed by atoms with van der Waals surface area (Å²) in [5.41, 5.74) is 1.34. The van der Waals surface area contributed by atoms with Crippen LogP contribution >= 0.6 is 11.6 Å². The molecule has 1 aliphatic rings. The number of rotatable bonds is 2. The monoisotopic (exact) mass is 186 g/mol. The van der Waals surface area contributed by atoms with Crippen LogP contribution in [0, 0.1) is 17.3 Å². The van der Waals surface area contributed by atoms with Gasteiger partial charge in [0, 0.05) is 5.92 Å². The maximum Gasteiger partial charge on any atom is 0.225 e. The predicted molar refractivity (Wildman–Crippen MR) is 51.1 cm³/mol. The fraction of sp³-hybridized carbons (Fsp3) is 0.700. The summed E-state index contributed by atoms with van der Waals surface area (Å²) in [4.78, 5) is 10.9. The third-order valence-corrected chi connectivity index (χ3v) is 2.90.